The fraction of sp³-hybridized carbons (Fsp3) is 0.167. The monoisotopic (exact) mass is 412 g/mol. The fourth-order valence-corrected chi connectivity index (χ4v) is 2.84. The molecule has 1 aromatic carbocycles. The number of nitro groups is 1. The molecule has 12 heteroatoms. The molecule has 3 aromatic rings. The van der Waals surface area contributed by atoms with Gasteiger partial charge in [0.25, 0.3) is 17.2 Å². The summed E-state index contributed by atoms with van der Waals surface area (Å²) >= 11 is 0. The zero-order chi connectivity index (χ0) is 22.2. The number of hydrogen-bond acceptors (Lipinski definition) is 8. The quantitative estimate of drug-likeness (QED) is 0.354. The Morgan fingerprint density at radius 2 is 1.93 bits per heavy atom. The van der Waals surface area contributed by atoms with Gasteiger partial charge in [-0.15, -0.1) is 0 Å². The van der Waals surface area contributed by atoms with E-state index < -0.39 is 22.1 Å². The minimum Gasteiger partial charge on any atom is -0.508 e. The number of carbonyl (C=O) groups is 1. The van der Waals surface area contributed by atoms with E-state index in [1.807, 2.05) is 0 Å². The van der Waals surface area contributed by atoms with Gasteiger partial charge in [0.1, 0.15) is 11.4 Å². The molecule has 3 rings (SSSR count). The van der Waals surface area contributed by atoms with Crippen molar-refractivity contribution in [1.82, 2.24) is 19.5 Å². The molecule has 0 saturated carbocycles. The van der Waals surface area contributed by atoms with E-state index in [0.717, 1.165) is 16.8 Å². The van der Waals surface area contributed by atoms with Crippen molar-refractivity contribution in [1.29, 1.82) is 0 Å². The fourth-order valence-electron chi connectivity index (χ4n) is 2.84. The number of rotatable bonds is 4. The molecule has 0 saturated heterocycles. The van der Waals surface area contributed by atoms with Crippen LogP contribution < -0.4 is 16.7 Å². The largest absolute Gasteiger partial charge is 0.508 e. The number of fused-ring (bicyclic) bond motifs is 1. The third kappa shape index (κ3) is 3.65. The summed E-state index contributed by atoms with van der Waals surface area (Å²) in [5.41, 5.74) is 1.45. The van der Waals surface area contributed by atoms with Crippen LogP contribution in [0.3, 0.4) is 0 Å². The van der Waals surface area contributed by atoms with E-state index in [9.17, 15) is 29.6 Å². The molecule has 0 fully saturated rings. The molecule has 0 atom stereocenters. The van der Waals surface area contributed by atoms with Gasteiger partial charge in [-0.3, -0.25) is 28.8 Å². The SMILES string of the molecule is Cc1nc2c(cc1C(=O)N/N=C/c1cc(O)cc([N+](=O)[O-])c1)c(=O)n(C)c(=O)n2C. The van der Waals surface area contributed by atoms with Gasteiger partial charge in [0.05, 0.1) is 33.8 Å². The van der Waals surface area contributed by atoms with E-state index in [2.05, 4.69) is 15.5 Å². The van der Waals surface area contributed by atoms with Crippen molar-refractivity contribution in [2.24, 2.45) is 19.2 Å². The number of nitrogens with zero attached hydrogens (tertiary/aromatic N) is 5. The normalized spacial score (nSPS) is 11.2. The number of nitrogens with one attached hydrogen (secondary N) is 1. The maximum Gasteiger partial charge on any atom is 0.332 e. The van der Waals surface area contributed by atoms with Crippen LogP contribution in [0.25, 0.3) is 11.0 Å². The molecular formula is C18H16N6O6. The summed E-state index contributed by atoms with van der Waals surface area (Å²) in [6.45, 7) is 1.54. The second-order valence-electron chi connectivity index (χ2n) is 6.44. The van der Waals surface area contributed by atoms with Gasteiger partial charge in [0.15, 0.2) is 0 Å². The summed E-state index contributed by atoms with van der Waals surface area (Å²) in [6, 6.07) is 4.70. The molecule has 0 aliphatic rings. The van der Waals surface area contributed by atoms with Gasteiger partial charge >= 0.3 is 5.69 Å². The zero-order valence-electron chi connectivity index (χ0n) is 16.1. The second kappa shape index (κ2) is 7.58. The summed E-state index contributed by atoms with van der Waals surface area (Å²) in [6.07, 6.45) is 1.12. The van der Waals surface area contributed by atoms with Crippen LogP contribution in [0.15, 0.2) is 39.0 Å². The van der Waals surface area contributed by atoms with Crippen LogP contribution in [0.4, 0.5) is 5.69 Å². The average Bonchev–Trinajstić information content (AvgIpc) is 2.69. The van der Waals surface area contributed by atoms with Gasteiger partial charge in [-0.2, -0.15) is 5.10 Å². The summed E-state index contributed by atoms with van der Waals surface area (Å²) in [5.74, 6) is -1.00. The van der Waals surface area contributed by atoms with Crippen molar-refractivity contribution < 1.29 is 14.8 Å². The number of hydrazone groups is 1. The number of amides is 1. The van der Waals surface area contributed by atoms with Crippen LogP contribution in [-0.4, -0.2) is 36.3 Å². The Morgan fingerprint density at radius 3 is 2.60 bits per heavy atom. The highest BCUT2D eigenvalue weighted by Gasteiger charge is 2.16. The number of aromatic hydroxyl groups is 1. The first kappa shape index (κ1) is 20.4. The van der Waals surface area contributed by atoms with Crippen LogP contribution in [0, 0.1) is 17.0 Å². The highest BCUT2D eigenvalue weighted by Crippen LogP contribution is 2.20. The summed E-state index contributed by atoms with van der Waals surface area (Å²) in [7, 11) is 2.79. The van der Waals surface area contributed by atoms with Crippen molar-refractivity contribution in [2.75, 3.05) is 0 Å². The summed E-state index contributed by atoms with van der Waals surface area (Å²) < 4.78 is 2.12. The topological polar surface area (TPSA) is 162 Å². The zero-order valence-corrected chi connectivity index (χ0v) is 16.1. The van der Waals surface area contributed by atoms with Crippen molar-refractivity contribution in [3.05, 3.63) is 72.0 Å². The molecule has 0 bridgehead atoms. The maximum absolute atomic E-state index is 12.5. The lowest BCUT2D eigenvalue weighted by Crippen LogP contribution is -2.37. The molecule has 154 valence electrons. The number of hydrogen-bond donors (Lipinski definition) is 2. The highest BCUT2D eigenvalue weighted by atomic mass is 16.6. The number of phenols is 1. The third-order valence-corrected chi connectivity index (χ3v) is 4.38. The molecule has 30 heavy (non-hydrogen) atoms. The number of non-ortho nitro benzene ring substituents is 1. The van der Waals surface area contributed by atoms with Gasteiger partial charge in [0.2, 0.25) is 0 Å². The van der Waals surface area contributed by atoms with Crippen molar-refractivity contribution >= 4 is 28.8 Å². The Bertz CT molecular complexity index is 1350. The lowest BCUT2D eigenvalue weighted by Gasteiger charge is -2.10. The minimum atomic E-state index is -0.677. The van der Waals surface area contributed by atoms with Crippen molar-refractivity contribution in [3.63, 3.8) is 0 Å². The molecule has 2 N–H and O–H groups in total. The standard InChI is InChI=1S/C18H16N6O6/c1-9-13(7-14-15(20-9)22(2)18(28)23(3)17(14)27)16(26)21-19-8-10-4-11(24(29)30)6-12(25)5-10/h4-8,25H,1-3H3,(H,21,26)/b19-8+. The van der Waals surface area contributed by atoms with Gasteiger partial charge in [0, 0.05) is 25.7 Å². The van der Waals surface area contributed by atoms with Crippen LogP contribution >= 0.6 is 0 Å². The molecule has 0 radical (unpaired) electrons. The Labute approximate surface area is 167 Å². The molecule has 2 heterocycles. The molecule has 0 spiro atoms. The van der Waals surface area contributed by atoms with Gasteiger partial charge < -0.3 is 5.11 Å². The predicted octanol–water partition coefficient (Wildman–Crippen LogP) is 0.318. The Kier molecular flexibility index (Phi) is 5.15. The first-order valence-corrected chi connectivity index (χ1v) is 8.49. The number of carbonyl (C=O) groups excluding carboxylic acids is 1. The van der Waals surface area contributed by atoms with Crippen LogP contribution in [-0.2, 0) is 14.1 Å². The molecule has 1 amide bonds. The number of aromatic nitrogens is 3. The predicted molar refractivity (Wildman–Crippen MR) is 107 cm³/mol. The van der Waals surface area contributed by atoms with E-state index >= 15 is 0 Å². The summed E-state index contributed by atoms with van der Waals surface area (Å²) in [5, 5.41) is 24.2. The average molecular weight is 412 g/mol. The lowest BCUT2D eigenvalue weighted by molar-refractivity contribution is -0.384. The number of nitro benzene ring substituents is 1. The third-order valence-electron chi connectivity index (χ3n) is 4.38. The Balaban J connectivity index is 1.93. The van der Waals surface area contributed by atoms with E-state index in [4.69, 9.17) is 0 Å². The van der Waals surface area contributed by atoms with Gasteiger partial charge in [-0.1, -0.05) is 0 Å². The van der Waals surface area contributed by atoms with Gasteiger partial charge in [-0.25, -0.2) is 15.2 Å². The van der Waals surface area contributed by atoms with Crippen molar-refractivity contribution in [3.8, 4) is 5.75 Å². The molecule has 0 unspecified atom stereocenters. The smallest absolute Gasteiger partial charge is 0.332 e. The second-order valence-corrected chi connectivity index (χ2v) is 6.44. The van der Waals surface area contributed by atoms with Crippen LogP contribution in [0.1, 0.15) is 21.6 Å². The molecule has 0 aliphatic carbocycles. The van der Waals surface area contributed by atoms with E-state index in [1.54, 1.807) is 6.92 Å². The first-order chi connectivity index (χ1) is 14.1. The number of benzene rings is 1. The first-order valence-electron chi connectivity index (χ1n) is 8.49. The van der Waals surface area contributed by atoms with Crippen molar-refractivity contribution in [2.45, 2.75) is 6.92 Å². The number of phenolic OH excluding ortho intramolecular Hbond substituents is 1. The molecule has 12 nitrogen and oxygen atoms in total. The molecule has 2 aromatic heterocycles. The molecule has 0 aliphatic heterocycles. The van der Waals surface area contributed by atoms with Gasteiger partial charge in [-0.05, 0) is 19.1 Å². The Morgan fingerprint density at radius 1 is 1.23 bits per heavy atom. The lowest BCUT2D eigenvalue weighted by atomic mass is 10.1. The maximum atomic E-state index is 12.5. The van der Waals surface area contributed by atoms with E-state index in [-0.39, 0.29) is 39.3 Å². The van der Waals surface area contributed by atoms with Crippen LogP contribution in [0.5, 0.6) is 5.75 Å². The number of pyridine rings is 1. The molecular weight excluding hydrogens is 396 g/mol. The summed E-state index contributed by atoms with van der Waals surface area (Å²) in [4.78, 5) is 51.3. The minimum absolute atomic E-state index is 0.0669. The van der Waals surface area contributed by atoms with Crippen LogP contribution in [0.2, 0.25) is 0 Å². The van der Waals surface area contributed by atoms with E-state index in [0.29, 0.717) is 0 Å². The Hall–Kier alpha value is -4.35. The highest BCUT2D eigenvalue weighted by molar-refractivity contribution is 5.98. The number of aryl methyl sites for hydroxylation is 2. The van der Waals surface area contributed by atoms with E-state index in [1.165, 1.54) is 36.9 Å².